The van der Waals surface area contributed by atoms with Crippen LogP contribution in [0.4, 0.5) is 0 Å². The molecule has 0 unspecified atom stereocenters. The third-order valence-corrected chi connectivity index (χ3v) is 2.16. The molecule has 0 amide bonds. The summed E-state index contributed by atoms with van der Waals surface area (Å²) in [6.45, 7) is 8.89. The lowest BCUT2D eigenvalue weighted by Gasteiger charge is -2.23. The molecule has 1 rings (SSSR count). The summed E-state index contributed by atoms with van der Waals surface area (Å²) in [4.78, 5) is 8.76. The molecule has 2 N–H and O–H groups in total. The zero-order valence-corrected chi connectivity index (χ0v) is 9.87. The number of ether oxygens (including phenoxy) is 1. The summed E-state index contributed by atoms with van der Waals surface area (Å²) in [6.07, 6.45) is 0. The van der Waals surface area contributed by atoms with E-state index in [9.17, 15) is 0 Å². The summed E-state index contributed by atoms with van der Waals surface area (Å²) in [7, 11) is 0. The number of hydrogen-bond acceptors (Lipinski definition) is 4. The van der Waals surface area contributed by atoms with Gasteiger partial charge >= 0.3 is 0 Å². The Morgan fingerprint density at radius 3 is 2.60 bits per heavy atom. The largest absolute Gasteiger partial charge is 0.368 e. The van der Waals surface area contributed by atoms with Crippen LogP contribution in [-0.2, 0) is 16.9 Å². The van der Waals surface area contributed by atoms with E-state index in [2.05, 4.69) is 9.97 Å². The van der Waals surface area contributed by atoms with Gasteiger partial charge in [-0.15, -0.1) is 0 Å². The van der Waals surface area contributed by atoms with Crippen LogP contribution in [0.3, 0.4) is 0 Å². The number of hydrogen-bond donors (Lipinski definition) is 1. The summed E-state index contributed by atoms with van der Waals surface area (Å²) in [5, 5.41) is 0. The third-order valence-electron chi connectivity index (χ3n) is 2.16. The van der Waals surface area contributed by atoms with Crippen LogP contribution in [0.15, 0.2) is 6.07 Å². The van der Waals surface area contributed by atoms with E-state index in [1.165, 1.54) is 0 Å². The molecule has 0 aliphatic heterocycles. The van der Waals surface area contributed by atoms with Gasteiger partial charge in [-0.25, -0.2) is 9.97 Å². The van der Waals surface area contributed by atoms with Crippen molar-refractivity contribution in [1.82, 2.24) is 9.97 Å². The number of rotatable bonds is 4. The lowest BCUT2D eigenvalue weighted by Crippen LogP contribution is -2.26. The minimum atomic E-state index is -0.454. The molecule has 0 bridgehead atoms. The summed E-state index contributed by atoms with van der Waals surface area (Å²) in [6, 6.07) is 1.89. The first-order valence-electron chi connectivity index (χ1n) is 5.18. The molecule has 1 heterocycles. The second kappa shape index (κ2) is 4.68. The first kappa shape index (κ1) is 12.1. The van der Waals surface area contributed by atoms with E-state index in [0.29, 0.717) is 19.0 Å². The molecule has 0 saturated heterocycles. The average Bonchev–Trinajstić information content (AvgIpc) is 2.16. The Balaban J connectivity index is 3.07. The molecule has 15 heavy (non-hydrogen) atoms. The molecule has 0 aliphatic carbocycles. The lowest BCUT2D eigenvalue weighted by atomic mass is 10.1. The Morgan fingerprint density at radius 1 is 1.40 bits per heavy atom. The van der Waals surface area contributed by atoms with Crippen LogP contribution in [-0.4, -0.2) is 16.6 Å². The summed E-state index contributed by atoms with van der Waals surface area (Å²) in [5.41, 5.74) is 6.90. The zero-order chi connectivity index (χ0) is 11.5. The SMILES string of the molecule is CCOC(C)(C)c1nc(C)cc(CN)n1. The molecular weight excluding hydrogens is 190 g/mol. The van der Waals surface area contributed by atoms with Crippen LogP contribution in [0, 0.1) is 6.92 Å². The fourth-order valence-corrected chi connectivity index (χ4v) is 1.43. The van der Waals surface area contributed by atoms with Gasteiger partial charge in [-0.1, -0.05) is 0 Å². The van der Waals surface area contributed by atoms with Crippen molar-refractivity contribution in [1.29, 1.82) is 0 Å². The van der Waals surface area contributed by atoms with Gasteiger partial charge in [0.2, 0.25) is 0 Å². The highest BCUT2D eigenvalue weighted by Crippen LogP contribution is 2.21. The minimum absolute atomic E-state index is 0.429. The van der Waals surface area contributed by atoms with E-state index in [-0.39, 0.29) is 0 Å². The van der Waals surface area contributed by atoms with Gasteiger partial charge in [0, 0.05) is 18.8 Å². The molecule has 0 aromatic carbocycles. The number of nitrogens with zero attached hydrogens (tertiary/aromatic N) is 2. The quantitative estimate of drug-likeness (QED) is 0.816. The Morgan fingerprint density at radius 2 is 2.07 bits per heavy atom. The predicted octanol–water partition coefficient (Wildman–Crippen LogP) is 1.52. The summed E-state index contributed by atoms with van der Waals surface area (Å²) >= 11 is 0. The van der Waals surface area contributed by atoms with Gasteiger partial charge in [-0.05, 0) is 33.8 Å². The van der Waals surface area contributed by atoms with Crippen LogP contribution >= 0.6 is 0 Å². The van der Waals surface area contributed by atoms with Crippen LogP contribution in [0.5, 0.6) is 0 Å². The summed E-state index contributed by atoms with van der Waals surface area (Å²) < 4.78 is 5.60. The van der Waals surface area contributed by atoms with E-state index in [0.717, 1.165) is 11.4 Å². The average molecular weight is 209 g/mol. The van der Waals surface area contributed by atoms with Crippen molar-refractivity contribution in [2.75, 3.05) is 6.61 Å². The van der Waals surface area contributed by atoms with Gasteiger partial charge in [0.15, 0.2) is 5.82 Å². The second-order valence-corrected chi connectivity index (χ2v) is 3.97. The number of nitrogens with two attached hydrogens (primary N) is 1. The van der Waals surface area contributed by atoms with Gasteiger partial charge in [0.1, 0.15) is 5.60 Å². The Labute approximate surface area is 90.9 Å². The molecule has 0 spiro atoms. The molecule has 1 aromatic rings. The standard InChI is InChI=1S/C11H19N3O/c1-5-15-11(3,4)10-13-8(2)6-9(7-12)14-10/h6H,5,7,12H2,1-4H3. The van der Waals surface area contributed by atoms with Gasteiger partial charge in [0.25, 0.3) is 0 Å². The predicted molar refractivity (Wildman–Crippen MR) is 59.3 cm³/mol. The van der Waals surface area contributed by atoms with E-state index < -0.39 is 5.60 Å². The maximum atomic E-state index is 5.60. The van der Waals surface area contributed by atoms with Crippen molar-refractivity contribution < 1.29 is 4.74 Å². The van der Waals surface area contributed by atoms with Crippen LogP contribution in [0.1, 0.15) is 38.0 Å². The van der Waals surface area contributed by atoms with Crippen LogP contribution < -0.4 is 5.73 Å². The highest BCUT2D eigenvalue weighted by molar-refractivity contribution is 5.12. The first-order chi connectivity index (χ1) is 6.99. The molecule has 84 valence electrons. The molecule has 0 fully saturated rings. The van der Waals surface area contributed by atoms with E-state index in [4.69, 9.17) is 10.5 Å². The smallest absolute Gasteiger partial charge is 0.160 e. The third kappa shape index (κ3) is 2.97. The van der Waals surface area contributed by atoms with Crippen molar-refractivity contribution in [2.24, 2.45) is 5.73 Å². The highest BCUT2D eigenvalue weighted by Gasteiger charge is 2.24. The van der Waals surface area contributed by atoms with Crippen molar-refractivity contribution in [3.63, 3.8) is 0 Å². The maximum Gasteiger partial charge on any atom is 0.160 e. The van der Waals surface area contributed by atoms with Crippen molar-refractivity contribution in [3.8, 4) is 0 Å². The van der Waals surface area contributed by atoms with Crippen molar-refractivity contribution in [3.05, 3.63) is 23.3 Å². The monoisotopic (exact) mass is 209 g/mol. The van der Waals surface area contributed by atoms with Crippen LogP contribution in [0.25, 0.3) is 0 Å². The Bertz CT molecular complexity index is 337. The molecule has 4 nitrogen and oxygen atoms in total. The fraction of sp³-hybridized carbons (Fsp3) is 0.636. The molecule has 0 radical (unpaired) electrons. The van der Waals surface area contributed by atoms with Crippen molar-refractivity contribution >= 4 is 0 Å². The summed E-state index contributed by atoms with van der Waals surface area (Å²) in [5.74, 6) is 0.699. The van der Waals surface area contributed by atoms with E-state index in [1.54, 1.807) is 0 Å². The van der Waals surface area contributed by atoms with E-state index >= 15 is 0 Å². The molecular formula is C11H19N3O. The molecule has 0 atom stereocenters. The number of aromatic nitrogens is 2. The molecule has 0 aliphatic rings. The lowest BCUT2D eigenvalue weighted by molar-refractivity contribution is -0.0210. The van der Waals surface area contributed by atoms with E-state index in [1.807, 2.05) is 33.8 Å². The van der Waals surface area contributed by atoms with Gasteiger partial charge in [0.05, 0.1) is 5.69 Å². The highest BCUT2D eigenvalue weighted by atomic mass is 16.5. The topological polar surface area (TPSA) is 61.0 Å². The maximum absolute atomic E-state index is 5.60. The normalized spacial score (nSPS) is 11.8. The van der Waals surface area contributed by atoms with Gasteiger partial charge in [-0.3, -0.25) is 0 Å². The van der Waals surface area contributed by atoms with Crippen molar-refractivity contribution in [2.45, 2.75) is 39.8 Å². The van der Waals surface area contributed by atoms with Crippen LogP contribution in [0.2, 0.25) is 0 Å². The fourth-order valence-electron chi connectivity index (χ4n) is 1.43. The second-order valence-electron chi connectivity index (χ2n) is 3.97. The molecule has 0 saturated carbocycles. The zero-order valence-electron chi connectivity index (χ0n) is 9.87. The Hall–Kier alpha value is -1.00. The molecule has 4 heteroatoms. The number of aryl methyl sites for hydroxylation is 1. The molecule has 1 aromatic heterocycles. The minimum Gasteiger partial charge on any atom is -0.368 e. The Kier molecular flexibility index (Phi) is 3.77. The van der Waals surface area contributed by atoms with Gasteiger partial charge < -0.3 is 10.5 Å². The first-order valence-corrected chi connectivity index (χ1v) is 5.18. The van der Waals surface area contributed by atoms with Gasteiger partial charge in [-0.2, -0.15) is 0 Å².